The van der Waals surface area contributed by atoms with Crippen LogP contribution in [0, 0.1) is 13.8 Å². The van der Waals surface area contributed by atoms with Gasteiger partial charge in [-0.1, -0.05) is 121 Å². The van der Waals surface area contributed by atoms with Crippen molar-refractivity contribution in [1.29, 1.82) is 0 Å². The summed E-state index contributed by atoms with van der Waals surface area (Å²) in [6, 6.07) is 61.3. The minimum Gasteiger partial charge on any atom is -0.310 e. The molecule has 0 N–H and O–H groups in total. The first-order valence-electron chi connectivity index (χ1n) is 17.9. The maximum absolute atomic E-state index is 3.90. The zero-order valence-corrected chi connectivity index (χ0v) is 30.0. The summed E-state index contributed by atoms with van der Waals surface area (Å²) in [5.41, 5.74) is 16.6. The molecule has 0 radical (unpaired) electrons. The Bertz CT molecular complexity index is 2100. The molecule has 0 fully saturated rings. The van der Waals surface area contributed by atoms with E-state index in [2.05, 4.69) is 207 Å². The minimum atomic E-state index is 0.863. The van der Waals surface area contributed by atoms with E-state index in [-0.39, 0.29) is 0 Å². The lowest BCUT2D eigenvalue weighted by Crippen LogP contribution is -2.11. The molecule has 2 heteroatoms. The number of nitrogens with zero attached hydrogens (tertiary/aromatic N) is 2. The molecule has 0 unspecified atom stereocenters. The van der Waals surface area contributed by atoms with Crippen LogP contribution in [0.2, 0.25) is 0 Å². The van der Waals surface area contributed by atoms with Crippen molar-refractivity contribution in [3.8, 4) is 22.3 Å². The van der Waals surface area contributed by atoms with E-state index in [0.717, 1.165) is 35.6 Å². The molecule has 0 atom stereocenters. The van der Waals surface area contributed by atoms with Gasteiger partial charge in [-0.2, -0.15) is 0 Å². The fraction of sp³-hybridized carbons (Fsp3) is 0.0800. The molecule has 0 spiro atoms. The van der Waals surface area contributed by atoms with Crippen molar-refractivity contribution in [3.05, 3.63) is 217 Å². The van der Waals surface area contributed by atoms with Gasteiger partial charge in [0.2, 0.25) is 0 Å². The highest BCUT2D eigenvalue weighted by Crippen LogP contribution is 2.39. The Hall–Kier alpha value is -6.38. The Morgan fingerprint density at radius 1 is 0.365 bits per heavy atom. The molecule has 0 bridgehead atoms. The normalized spacial score (nSPS) is 10.8. The Labute approximate surface area is 309 Å². The minimum absolute atomic E-state index is 0.863. The van der Waals surface area contributed by atoms with Crippen LogP contribution in [0.3, 0.4) is 0 Å². The summed E-state index contributed by atoms with van der Waals surface area (Å²) in [6.45, 7) is 12.1. The van der Waals surface area contributed by atoms with Gasteiger partial charge in [0.05, 0.1) is 0 Å². The van der Waals surface area contributed by atoms with Crippen LogP contribution in [0.1, 0.15) is 22.3 Å². The average Bonchev–Trinajstić information content (AvgIpc) is 3.19. The average molecular weight is 673 g/mol. The van der Waals surface area contributed by atoms with E-state index in [0.29, 0.717) is 0 Å². The molecule has 7 rings (SSSR count). The van der Waals surface area contributed by atoms with Crippen LogP contribution < -0.4 is 9.80 Å². The molecule has 254 valence electrons. The molecular formula is C50H44N2. The number of hydrogen-bond acceptors (Lipinski definition) is 2. The van der Waals surface area contributed by atoms with Gasteiger partial charge in [-0.05, 0) is 132 Å². The van der Waals surface area contributed by atoms with Crippen LogP contribution in [0.25, 0.3) is 22.3 Å². The van der Waals surface area contributed by atoms with Crippen LogP contribution >= 0.6 is 0 Å². The fourth-order valence-electron chi connectivity index (χ4n) is 6.84. The molecule has 7 aromatic carbocycles. The topological polar surface area (TPSA) is 6.48 Å². The molecule has 7 aromatic rings. The van der Waals surface area contributed by atoms with Gasteiger partial charge in [0, 0.05) is 34.1 Å². The van der Waals surface area contributed by atoms with Gasteiger partial charge in [0.1, 0.15) is 0 Å². The molecule has 52 heavy (non-hydrogen) atoms. The number of anilines is 6. The Kier molecular flexibility index (Phi) is 10.3. The molecule has 0 aromatic heterocycles. The number of aryl methyl sites for hydroxylation is 2. The highest BCUT2D eigenvalue weighted by molar-refractivity contribution is 5.82. The molecule has 0 saturated heterocycles. The van der Waals surface area contributed by atoms with Crippen molar-refractivity contribution in [1.82, 2.24) is 0 Å². The van der Waals surface area contributed by atoms with Crippen molar-refractivity contribution in [2.24, 2.45) is 0 Å². The first-order valence-corrected chi connectivity index (χ1v) is 17.9. The van der Waals surface area contributed by atoms with E-state index >= 15 is 0 Å². The summed E-state index contributed by atoms with van der Waals surface area (Å²) in [4.78, 5) is 4.67. The molecule has 0 amide bonds. The van der Waals surface area contributed by atoms with Crippen molar-refractivity contribution in [3.63, 3.8) is 0 Å². The number of rotatable bonds is 12. The molecule has 0 saturated carbocycles. The SMILES string of the molecule is C=CCc1ccc(N(c2ccc(-c3ccc(-c4ccc(N(c5ccc(CC=C)cc5)c5ccccc5C)cc4)cc3)cc2)c2ccccc2C)cc1. The Morgan fingerprint density at radius 2 is 0.635 bits per heavy atom. The third kappa shape index (κ3) is 7.38. The van der Waals surface area contributed by atoms with Crippen molar-refractivity contribution in [2.75, 3.05) is 9.80 Å². The largest absolute Gasteiger partial charge is 0.310 e. The smallest absolute Gasteiger partial charge is 0.0490 e. The van der Waals surface area contributed by atoms with E-state index in [1.54, 1.807) is 0 Å². The Balaban J connectivity index is 1.13. The van der Waals surface area contributed by atoms with Crippen molar-refractivity contribution >= 4 is 34.1 Å². The molecular weight excluding hydrogens is 629 g/mol. The maximum atomic E-state index is 3.90. The predicted molar refractivity (Wildman–Crippen MR) is 224 cm³/mol. The standard InChI is InChI=1S/C50H44N2/c1-5-11-39-17-29-45(30-18-39)51(49-15-9-7-13-37(49)3)47-33-25-43(26-34-47)41-21-23-42(24-22-41)44-27-35-48(36-28-44)52(50-16-10-8-14-38(50)4)46-31-19-40(12-6-2)20-32-46/h5-10,13-36H,1-2,11-12H2,3-4H3. The second-order valence-electron chi connectivity index (χ2n) is 13.2. The zero-order chi connectivity index (χ0) is 35.9. The van der Waals surface area contributed by atoms with Crippen LogP contribution in [0.15, 0.2) is 195 Å². The summed E-state index contributed by atoms with van der Waals surface area (Å²) < 4.78 is 0. The predicted octanol–water partition coefficient (Wildman–Crippen LogP) is 14.0. The van der Waals surface area contributed by atoms with Crippen molar-refractivity contribution < 1.29 is 0 Å². The summed E-state index contributed by atoms with van der Waals surface area (Å²) in [5, 5.41) is 0. The second-order valence-corrected chi connectivity index (χ2v) is 13.2. The van der Waals surface area contributed by atoms with Crippen LogP contribution in [-0.4, -0.2) is 0 Å². The molecule has 0 aliphatic rings. The van der Waals surface area contributed by atoms with Crippen LogP contribution in [0.4, 0.5) is 34.1 Å². The number of para-hydroxylation sites is 2. The molecule has 0 heterocycles. The van der Waals surface area contributed by atoms with Gasteiger partial charge >= 0.3 is 0 Å². The number of benzene rings is 7. The van der Waals surface area contributed by atoms with Gasteiger partial charge in [-0.15, -0.1) is 13.2 Å². The maximum Gasteiger partial charge on any atom is 0.0490 e. The first-order chi connectivity index (χ1) is 25.5. The van der Waals surface area contributed by atoms with Gasteiger partial charge in [0.15, 0.2) is 0 Å². The zero-order valence-electron chi connectivity index (χ0n) is 30.0. The van der Waals surface area contributed by atoms with E-state index < -0.39 is 0 Å². The van der Waals surface area contributed by atoms with Gasteiger partial charge < -0.3 is 9.80 Å². The van der Waals surface area contributed by atoms with Crippen molar-refractivity contribution in [2.45, 2.75) is 26.7 Å². The van der Waals surface area contributed by atoms with E-state index in [9.17, 15) is 0 Å². The molecule has 2 nitrogen and oxygen atoms in total. The third-order valence-electron chi connectivity index (χ3n) is 9.66. The van der Waals surface area contributed by atoms with Crippen LogP contribution in [-0.2, 0) is 12.8 Å². The number of hydrogen-bond donors (Lipinski definition) is 0. The monoisotopic (exact) mass is 672 g/mol. The lowest BCUT2D eigenvalue weighted by atomic mass is 9.99. The third-order valence-corrected chi connectivity index (χ3v) is 9.66. The van der Waals surface area contributed by atoms with Crippen LogP contribution in [0.5, 0.6) is 0 Å². The summed E-state index contributed by atoms with van der Waals surface area (Å²) in [5.74, 6) is 0. The lowest BCUT2D eigenvalue weighted by molar-refractivity contribution is 1.23. The lowest BCUT2D eigenvalue weighted by Gasteiger charge is -2.27. The quantitative estimate of drug-likeness (QED) is 0.119. The summed E-state index contributed by atoms with van der Waals surface area (Å²) in [6.07, 6.45) is 5.62. The highest BCUT2D eigenvalue weighted by atomic mass is 15.1. The Morgan fingerprint density at radius 3 is 0.923 bits per heavy atom. The highest BCUT2D eigenvalue weighted by Gasteiger charge is 2.16. The fourth-order valence-corrected chi connectivity index (χ4v) is 6.84. The first kappa shape index (κ1) is 34.1. The number of allylic oxidation sites excluding steroid dienone is 2. The van der Waals surface area contributed by atoms with Gasteiger partial charge in [-0.25, -0.2) is 0 Å². The van der Waals surface area contributed by atoms with Gasteiger partial charge in [0.25, 0.3) is 0 Å². The summed E-state index contributed by atoms with van der Waals surface area (Å²) in [7, 11) is 0. The summed E-state index contributed by atoms with van der Waals surface area (Å²) >= 11 is 0. The van der Waals surface area contributed by atoms with E-state index in [4.69, 9.17) is 0 Å². The molecule has 0 aliphatic carbocycles. The van der Waals surface area contributed by atoms with Gasteiger partial charge in [-0.3, -0.25) is 0 Å². The molecule has 0 aliphatic heterocycles. The van der Waals surface area contributed by atoms with E-state index in [1.165, 1.54) is 55.9 Å². The van der Waals surface area contributed by atoms with E-state index in [1.807, 2.05) is 12.2 Å². The second kappa shape index (κ2) is 15.7.